The van der Waals surface area contributed by atoms with Crippen molar-refractivity contribution < 1.29 is 5.79 Å². The first-order valence-corrected chi connectivity index (χ1v) is 5.34. The molecule has 0 saturated carbocycles. The summed E-state index contributed by atoms with van der Waals surface area (Å²) >= 11 is 0. The maximum atomic E-state index is 12.0. The molecule has 2 nitrogen and oxygen atoms in total. The summed E-state index contributed by atoms with van der Waals surface area (Å²) in [6.45, 7) is 0. The molecule has 1 heterocycles. The largest absolute Gasteiger partial charge is 0.456 e. The van der Waals surface area contributed by atoms with E-state index in [1.807, 2.05) is 12.1 Å². The van der Waals surface area contributed by atoms with Gasteiger partial charge in [0.25, 0.3) is 0 Å². The van der Waals surface area contributed by atoms with Crippen LogP contribution in [0, 0.1) is 0 Å². The summed E-state index contributed by atoms with van der Waals surface area (Å²) in [6.07, 6.45) is 0. The van der Waals surface area contributed by atoms with Gasteiger partial charge in [-0.05, 0) is 12.1 Å². The highest BCUT2D eigenvalue weighted by Gasteiger charge is 2.05. The SMILES string of the molecule is [2H]c1ccccc1-c1cc(=O)c2ccccc2o1. The Morgan fingerprint density at radius 3 is 2.71 bits per heavy atom. The molecule has 3 aromatic rings. The molecule has 2 aromatic carbocycles. The first-order chi connectivity index (χ1) is 8.75. The molecule has 1 aromatic heterocycles. The van der Waals surface area contributed by atoms with Gasteiger partial charge in [-0.2, -0.15) is 0 Å². The van der Waals surface area contributed by atoms with Crippen LogP contribution in [0.3, 0.4) is 0 Å². The van der Waals surface area contributed by atoms with Crippen LogP contribution in [-0.2, 0) is 0 Å². The van der Waals surface area contributed by atoms with Crippen LogP contribution in [0.25, 0.3) is 22.3 Å². The van der Waals surface area contributed by atoms with Crippen LogP contribution in [0.15, 0.2) is 69.9 Å². The maximum absolute atomic E-state index is 12.0. The summed E-state index contributed by atoms with van der Waals surface area (Å²) in [5, 5.41) is 0.559. The Labute approximate surface area is 99.5 Å². The molecular formula is C15H10O2. The summed E-state index contributed by atoms with van der Waals surface area (Å²) in [5.41, 5.74) is 1.08. The lowest BCUT2D eigenvalue weighted by Crippen LogP contribution is -1.99. The number of benzene rings is 2. The van der Waals surface area contributed by atoms with Crippen LogP contribution in [0.2, 0.25) is 0 Å². The number of fused-ring (bicyclic) bond motifs is 1. The van der Waals surface area contributed by atoms with Crippen LogP contribution in [-0.4, -0.2) is 0 Å². The van der Waals surface area contributed by atoms with Gasteiger partial charge in [0.15, 0.2) is 5.43 Å². The van der Waals surface area contributed by atoms with E-state index in [0.29, 0.717) is 28.3 Å². The number of hydrogen-bond donors (Lipinski definition) is 0. The number of hydrogen-bond acceptors (Lipinski definition) is 2. The minimum atomic E-state index is -0.0879. The van der Waals surface area contributed by atoms with Crippen molar-refractivity contribution in [2.24, 2.45) is 0 Å². The fourth-order valence-electron chi connectivity index (χ4n) is 1.78. The van der Waals surface area contributed by atoms with Crippen molar-refractivity contribution in [2.45, 2.75) is 0 Å². The topological polar surface area (TPSA) is 30.2 Å². The molecule has 3 rings (SSSR count). The third-order valence-electron chi connectivity index (χ3n) is 2.61. The van der Waals surface area contributed by atoms with Gasteiger partial charge in [-0.3, -0.25) is 4.79 Å². The van der Waals surface area contributed by atoms with E-state index < -0.39 is 0 Å². The Kier molecular flexibility index (Phi) is 2.01. The zero-order valence-electron chi connectivity index (χ0n) is 10.0. The van der Waals surface area contributed by atoms with Gasteiger partial charge >= 0.3 is 0 Å². The van der Waals surface area contributed by atoms with Crippen molar-refractivity contribution in [3.05, 3.63) is 70.9 Å². The molecule has 0 fully saturated rings. The average molecular weight is 223 g/mol. The van der Waals surface area contributed by atoms with Crippen LogP contribution >= 0.6 is 0 Å². The van der Waals surface area contributed by atoms with Gasteiger partial charge in [0, 0.05) is 11.6 Å². The Balaban J connectivity index is 2.32. The van der Waals surface area contributed by atoms with Gasteiger partial charge in [0.2, 0.25) is 0 Å². The van der Waals surface area contributed by atoms with E-state index in [1.54, 1.807) is 36.4 Å². The fourth-order valence-corrected chi connectivity index (χ4v) is 1.78. The van der Waals surface area contributed by atoms with Crippen molar-refractivity contribution in [3.63, 3.8) is 0 Å². The van der Waals surface area contributed by atoms with Gasteiger partial charge in [-0.15, -0.1) is 0 Å². The molecule has 0 aliphatic carbocycles. The average Bonchev–Trinajstić information content (AvgIpc) is 2.39. The summed E-state index contributed by atoms with van der Waals surface area (Å²) in [5.74, 6) is 0.435. The summed E-state index contributed by atoms with van der Waals surface area (Å²) in [4.78, 5) is 12.0. The highest BCUT2D eigenvalue weighted by molar-refractivity contribution is 5.78. The van der Waals surface area contributed by atoms with E-state index in [2.05, 4.69) is 0 Å². The molecule has 17 heavy (non-hydrogen) atoms. The fraction of sp³-hybridized carbons (Fsp3) is 0. The van der Waals surface area contributed by atoms with Gasteiger partial charge < -0.3 is 4.42 Å². The van der Waals surface area contributed by atoms with Crippen LogP contribution in [0.5, 0.6) is 0 Å². The van der Waals surface area contributed by atoms with E-state index in [-0.39, 0.29) is 5.43 Å². The third-order valence-corrected chi connectivity index (χ3v) is 2.61. The van der Waals surface area contributed by atoms with E-state index in [0.717, 1.165) is 0 Å². The zero-order chi connectivity index (χ0) is 12.5. The molecule has 0 unspecified atom stereocenters. The highest BCUT2D eigenvalue weighted by atomic mass is 16.3. The number of rotatable bonds is 1. The standard InChI is InChI=1S/C15H10O2/c16-13-10-15(11-6-2-1-3-7-11)17-14-9-5-4-8-12(13)14/h1-10H/i6D. The van der Waals surface area contributed by atoms with Crippen molar-refractivity contribution in [2.75, 3.05) is 0 Å². The Morgan fingerprint density at radius 2 is 1.82 bits per heavy atom. The Morgan fingerprint density at radius 1 is 1.00 bits per heavy atom. The first-order valence-electron chi connectivity index (χ1n) is 5.84. The summed E-state index contributed by atoms with van der Waals surface area (Å²) in [7, 11) is 0. The Hall–Kier alpha value is -2.35. The molecular weight excluding hydrogens is 212 g/mol. The second kappa shape index (κ2) is 3.91. The molecule has 0 atom stereocenters. The van der Waals surface area contributed by atoms with Crippen molar-refractivity contribution in [3.8, 4) is 11.3 Å². The van der Waals surface area contributed by atoms with Gasteiger partial charge in [-0.25, -0.2) is 0 Å². The first kappa shape index (κ1) is 8.76. The van der Waals surface area contributed by atoms with Crippen molar-refractivity contribution in [1.29, 1.82) is 0 Å². The van der Waals surface area contributed by atoms with Crippen LogP contribution in [0.1, 0.15) is 1.37 Å². The molecule has 0 aliphatic heterocycles. The van der Waals surface area contributed by atoms with Crippen LogP contribution in [0.4, 0.5) is 0 Å². The van der Waals surface area contributed by atoms with Gasteiger partial charge in [0.05, 0.1) is 6.76 Å². The van der Waals surface area contributed by atoms with Crippen molar-refractivity contribution in [1.82, 2.24) is 0 Å². The van der Waals surface area contributed by atoms with Crippen LogP contribution < -0.4 is 5.43 Å². The summed E-state index contributed by atoms with van der Waals surface area (Å²) in [6, 6.07) is 15.9. The minimum Gasteiger partial charge on any atom is -0.456 e. The summed E-state index contributed by atoms with van der Waals surface area (Å²) < 4.78 is 13.5. The molecule has 82 valence electrons. The molecule has 2 heteroatoms. The molecule has 0 saturated heterocycles. The molecule has 0 spiro atoms. The van der Waals surface area contributed by atoms with Gasteiger partial charge in [-0.1, -0.05) is 42.4 Å². The molecule has 0 radical (unpaired) electrons. The second-order valence-corrected chi connectivity index (χ2v) is 3.75. The highest BCUT2D eigenvalue weighted by Crippen LogP contribution is 2.21. The smallest absolute Gasteiger partial charge is 0.193 e. The van der Waals surface area contributed by atoms with Crippen molar-refractivity contribution >= 4 is 11.0 Å². The quantitative estimate of drug-likeness (QED) is 0.632. The van der Waals surface area contributed by atoms with E-state index in [9.17, 15) is 4.79 Å². The lowest BCUT2D eigenvalue weighted by atomic mass is 10.1. The van der Waals surface area contributed by atoms with E-state index in [4.69, 9.17) is 5.79 Å². The molecule has 0 bridgehead atoms. The minimum absolute atomic E-state index is 0.0879. The predicted molar refractivity (Wildman–Crippen MR) is 67.9 cm³/mol. The monoisotopic (exact) mass is 223 g/mol. The van der Waals surface area contributed by atoms with E-state index >= 15 is 0 Å². The molecule has 0 aliphatic rings. The Bertz CT molecular complexity index is 775. The third kappa shape index (κ3) is 1.74. The molecule has 0 amide bonds. The lowest BCUT2D eigenvalue weighted by molar-refractivity contribution is 0.619. The van der Waals surface area contributed by atoms with Gasteiger partial charge in [0.1, 0.15) is 11.3 Å². The van der Waals surface area contributed by atoms with E-state index in [1.165, 1.54) is 6.07 Å². The molecule has 0 N–H and O–H groups in total. The lowest BCUT2D eigenvalue weighted by Gasteiger charge is -2.02. The predicted octanol–water partition coefficient (Wildman–Crippen LogP) is 3.46. The maximum Gasteiger partial charge on any atom is 0.193 e. The zero-order valence-corrected chi connectivity index (χ0v) is 9.01. The second-order valence-electron chi connectivity index (χ2n) is 3.75. The normalized spacial score (nSPS) is 11.4. The number of para-hydroxylation sites is 1.